The van der Waals surface area contributed by atoms with Crippen LogP contribution in [0.15, 0.2) is 58.2 Å². The molecular formula is C23H27N3O2S. The van der Waals surface area contributed by atoms with Crippen LogP contribution in [0.4, 0.5) is 0 Å². The van der Waals surface area contributed by atoms with Crippen LogP contribution in [0.1, 0.15) is 37.0 Å². The van der Waals surface area contributed by atoms with E-state index in [1.54, 1.807) is 0 Å². The fourth-order valence-corrected chi connectivity index (χ4v) is 3.61. The van der Waals surface area contributed by atoms with E-state index in [1.165, 1.54) is 28.5 Å². The molecule has 3 rings (SSSR count). The normalized spacial score (nSPS) is 13.1. The SMILES string of the molecule is Cc1ccc(-c2nnc(S[C@@H](C)C(=O)N[C@H](C)CCc3ccccc3)o2)cc1C. The van der Waals surface area contributed by atoms with Gasteiger partial charge in [-0.1, -0.05) is 48.2 Å². The van der Waals surface area contributed by atoms with Crippen molar-refractivity contribution in [3.8, 4) is 11.5 Å². The summed E-state index contributed by atoms with van der Waals surface area (Å²) in [5.41, 5.74) is 4.56. The first-order chi connectivity index (χ1) is 13.9. The molecule has 3 aromatic rings. The number of carbonyl (C=O) groups is 1. The van der Waals surface area contributed by atoms with Crippen LogP contribution in [0.3, 0.4) is 0 Å². The van der Waals surface area contributed by atoms with E-state index < -0.39 is 0 Å². The number of nitrogens with one attached hydrogen (secondary N) is 1. The van der Waals surface area contributed by atoms with E-state index in [1.807, 2.05) is 50.2 Å². The maximum Gasteiger partial charge on any atom is 0.277 e. The van der Waals surface area contributed by atoms with E-state index in [2.05, 4.69) is 41.5 Å². The quantitative estimate of drug-likeness (QED) is 0.532. The molecule has 0 bridgehead atoms. The molecule has 1 N–H and O–H groups in total. The highest BCUT2D eigenvalue weighted by Gasteiger charge is 2.20. The van der Waals surface area contributed by atoms with E-state index in [0.717, 1.165) is 18.4 Å². The molecule has 0 saturated heterocycles. The number of hydrogen-bond acceptors (Lipinski definition) is 5. The molecule has 1 aromatic heterocycles. The first-order valence-corrected chi connectivity index (χ1v) is 10.7. The van der Waals surface area contributed by atoms with Crippen molar-refractivity contribution in [2.24, 2.45) is 0 Å². The molecule has 0 radical (unpaired) electrons. The average Bonchev–Trinajstić information content (AvgIpc) is 3.17. The molecule has 1 amide bonds. The Kier molecular flexibility index (Phi) is 7.09. The summed E-state index contributed by atoms with van der Waals surface area (Å²) in [4.78, 5) is 12.5. The van der Waals surface area contributed by atoms with Crippen LogP contribution in [-0.4, -0.2) is 27.4 Å². The molecule has 2 aromatic carbocycles. The summed E-state index contributed by atoms with van der Waals surface area (Å²) < 4.78 is 5.76. The van der Waals surface area contributed by atoms with Gasteiger partial charge in [0.15, 0.2) is 0 Å². The second-order valence-electron chi connectivity index (χ2n) is 7.37. The van der Waals surface area contributed by atoms with E-state index in [4.69, 9.17) is 4.42 Å². The lowest BCUT2D eigenvalue weighted by molar-refractivity contribution is -0.120. The van der Waals surface area contributed by atoms with Gasteiger partial charge in [0.1, 0.15) is 0 Å². The Morgan fingerprint density at radius 1 is 1.07 bits per heavy atom. The molecule has 0 saturated carbocycles. The van der Waals surface area contributed by atoms with Crippen molar-refractivity contribution in [3.05, 3.63) is 65.2 Å². The molecule has 1 heterocycles. The lowest BCUT2D eigenvalue weighted by Crippen LogP contribution is -2.37. The van der Waals surface area contributed by atoms with Crippen LogP contribution in [0.25, 0.3) is 11.5 Å². The molecule has 152 valence electrons. The van der Waals surface area contributed by atoms with Crippen LogP contribution in [0, 0.1) is 13.8 Å². The predicted molar refractivity (Wildman–Crippen MR) is 117 cm³/mol. The van der Waals surface area contributed by atoms with Crippen molar-refractivity contribution in [2.45, 2.75) is 57.1 Å². The Morgan fingerprint density at radius 2 is 1.83 bits per heavy atom. The standard InChI is InChI=1S/C23H27N3O2S/c1-15-10-13-20(14-16(15)2)22-25-26-23(28-22)29-18(4)21(27)24-17(3)11-12-19-8-6-5-7-9-19/h5-10,13-14,17-18H,11-12H2,1-4H3,(H,24,27)/t17-,18+/m1/s1. The molecule has 29 heavy (non-hydrogen) atoms. The van der Waals surface area contributed by atoms with Crippen molar-refractivity contribution in [3.63, 3.8) is 0 Å². The summed E-state index contributed by atoms with van der Waals surface area (Å²) in [7, 11) is 0. The lowest BCUT2D eigenvalue weighted by atomic mass is 10.1. The zero-order valence-corrected chi connectivity index (χ0v) is 18.1. The minimum Gasteiger partial charge on any atom is -0.411 e. The number of amides is 1. The van der Waals surface area contributed by atoms with Gasteiger partial charge in [0, 0.05) is 11.6 Å². The van der Waals surface area contributed by atoms with Crippen molar-refractivity contribution >= 4 is 17.7 Å². The van der Waals surface area contributed by atoms with E-state index in [0.29, 0.717) is 11.1 Å². The first kappa shape index (κ1) is 21.1. The van der Waals surface area contributed by atoms with E-state index >= 15 is 0 Å². The molecule has 0 unspecified atom stereocenters. The van der Waals surface area contributed by atoms with Gasteiger partial charge in [0.2, 0.25) is 11.8 Å². The van der Waals surface area contributed by atoms with Gasteiger partial charge in [-0.3, -0.25) is 4.79 Å². The molecule has 0 spiro atoms. The molecular weight excluding hydrogens is 382 g/mol. The van der Waals surface area contributed by atoms with Gasteiger partial charge in [-0.25, -0.2) is 0 Å². The second kappa shape index (κ2) is 9.74. The zero-order chi connectivity index (χ0) is 20.8. The van der Waals surface area contributed by atoms with Crippen molar-refractivity contribution in [2.75, 3.05) is 0 Å². The Morgan fingerprint density at radius 3 is 2.55 bits per heavy atom. The monoisotopic (exact) mass is 409 g/mol. The minimum atomic E-state index is -0.317. The van der Waals surface area contributed by atoms with Crippen LogP contribution in [0.2, 0.25) is 0 Å². The lowest BCUT2D eigenvalue weighted by Gasteiger charge is -2.16. The van der Waals surface area contributed by atoms with Gasteiger partial charge in [0.05, 0.1) is 5.25 Å². The Balaban J connectivity index is 1.51. The van der Waals surface area contributed by atoms with E-state index in [-0.39, 0.29) is 17.2 Å². The summed E-state index contributed by atoms with van der Waals surface area (Å²) in [6.45, 7) is 8.00. The van der Waals surface area contributed by atoms with Crippen molar-refractivity contribution in [1.29, 1.82) is 0 Å². The third-order valence-corrected chi connectivity index (χ3v) is 5.84. The third kappa shape index (κ3) is 5.94. The Bertz CT molecular complexity index is 956. The van der Waals surface area contributed by atoms with Gasteiger partial charge in [0.25, 0.3) is 5.22 Å². The van der Waals surface area contributed by atoms with Gasteiger partial charge in [-0.2, -0.15) is 0 Å². The summed E-state index contributed by atoms with van der Waals surface area (Å²) >= 11 is 1.28. The molecule has 5 nitrogen and oxygen atoms in total. The number of hydrogen-bond donors (Lipinski definition) is 1. The summed E-state index contributed by atoms with van der Waals surface area (Å²) in [5.74, 6) is 0.445. The zero-order valence-electron chi connectivity index (χ0n) is 17.3. The van der Waals surface area contributed by atoms with E-state index in [9.17, 15) is 4.79 Å². The number of carbonyl (C=O) groups excluding carboxylic acids is 1. The second-order valence-corrected chi connectivity index (χ2v) is 8.66. The topological polar surface area (TPSA) is 68.0 Å². The predicted octanol–water partition coefficient (Wildman–Crippen LogP) is 4.97. The molecule has 6 heteroatoms. The summed E-state index contributed by atoms with van der Waals surface area (Å²) in [6.07, 6.45) is 1.83. The largest absolute Gasteiger partial charge is 0.411 e. The van der Waals surface area contributed by atoms with Gasteiger partial charge in [-0.15, -0.1) is 10.2 Å². The number of benzene rings is 2. The number of aryl methyl sites for hydroxylation is 3. The molecule has 2 atom stereocenters. The number of aromatic nitrogens is 2. The van der Waals surface area contributed by atoms with Gasteiger partial charge < -0.3 is 9.73 Å². The molecule has 0 aliphatic carbocycles. The highest BCUT2D eigenvalue weighted by Crippen LogP contribution is 2.27. The fraction of sp³-hybridized carbons (Fsp3) is 0.348. The minimum absolute atomic E-state index is 0.0264. The number of rotatable bonds is 8. The van der Waals surface area contributed by atoms with Gasteiger partial charge in [-0.05, 0) is 69.4 Å². The Hall–Kier alpha value is -2.60. The van der Waals surface area contributed by atoms with Crippen LogP contribution < -0.4 is 5.32 Å². The summed E-state index contributed by atoms with van der Waals surface area (Å²) in [6, 6.07) is 16.4. The van der Waals surface area contributed by atoms with Crippen molar-refractivity contribution in [1.82, 2.24) is 15.5 Å². The van der Waals surface area contributed by atoms with Crippen LogP contribution in [0.5, 0.6) is 0 Å². The summed E-state index contributed by atoms with van der Waals surface area (Å²) in [5, 5.41) is 11.4. The van der Waals surface area contributed by atoms with Crippen molar-refractivity contribution < 1.29 is 9.21 Å². The smallest absolute Gasteiger partial charge is 0.277 e. The fourth-order valence-electron chi connectivity index (χ4n) is 2.91. The van der Waals surface area contributed by atoms with Gasteiger partial charge >= 0.3 is 0 Å². The molecule has 0 aliphatic rings. The average molecular weight is 410 g/mol. The maximum atomic E-state index is 12.5. The Labute approximate surface area is 176 Å². The highest BCUT2D eigenvalue weighted by atomic mass is 32.2. The van der Waals surface area contributed by atoms with Crippen LogP contribution >= 0.6 is 11.8 Å². The first-order valence-electron chi connectivity index (χ1n) is 9.84. The maximum absolute atomic E-state index is 12.5. The molecule has 0 aliphatic heterocycles. The van der Waals surface area contributed by atoms with Crippen LogP contribution in [-0.2, 0) is 11.2 Å². The highest BCUT2D eigenvalue weighted by molar-refractivity contribution is 8.00. The number of thioether (sulfide) groups is 1. The number of nitrogens with zero attached hydrogens (tertiary/aromatic N) is 2. The molecule has 0 fully saturated rings. The third-order valence-electron chi connectivity index (χ3n) is 4.90.